The second-order valence-electron chi connectivity index (χ2n) is 8.32. The van der Waals surface area contributed by atoms with Crippen molar-refractivity contribution in [2.45, 2.75) is 11.5 Å². The Morgan fingerprint density at radius 2 is 1.28 bits per heavy atom. The number of hydrogen-bond acceptors (Lipinski definition) is 7. The van der Waals surface area contributed by atoms with Gasteiger partial charge < -0.3 is 4.74 Å². The topological polar surface area (TPSA) is 60.8 Å². The molecule has 1 aliphatic rings. The van der Waals surface area contributed by atoms with Gasteiger partial charge in [-0.15, -0.1) is 33.7 Å². The highest BCUT2D eigenvalue weighted by atomic mass is 32.2. The predicted molar refractivity (Wildman–Crippen MR) is 153 cm³/mol. The van der Waals surface area contributed by atoms with E-state index in [1.807, 2.05) is 85.1 Å². The number of methoxy groups -OCH3 is 1. The third-order valence-electron chi connectivity index (χ3n) is 5.78. The normalized spacial score (nSPS) is 14.2. The second kappa shape index (κ2) is 11.5. The zero-order valence-corrected chi connectivity index (χ0v) is 21.8. The highest BCUT2D eigenvalue weighted by molar-refractivity contribution is 8.19. The van der Waals surface area contributed by atoms with Crippen LogP contribution in [0.4, 0.5) is 0 Å². The molecule has 0 amide bonds. The number of benzene rings is 2. The van der Waals surface area contributed by atoms with Crippen LogP contribution in [-0.4, -0.2) is 39.0 Å². The van der Waals surface area contributed by atoms with Gasteiger partial charge in [0.15, 0.2) is 0 Å². The smallest absolute Gasteiger partial charge is 0.121 e. The first-order valence-corrected chi connectivity index (χ1v) is 13.8. The second-order valence-corrected chi connectivity index (χ2v) is 11.0. The van der Waals surface area contributed by atoms with Crippen molar-refractivity contribution in [3.63, 3.8) is 0 Å². The molecular formula is C29H26N4OS2. The Balaban J connectivity index is 1.20. The van der Waals surface area contributed by atoms with Gasteiger partial charge in [-0.25, -0.2) is 0 Å². The van der Waals surface area contributed by atoms with Crippen molar-refractivity contribution in [2.75, 3.05) is 18.6 Å². The molecule has 0 aliphatic carbocycles. The van der Waals surface area contributed by atoms with E-state index < -0.39 is 0 Å². The van der Waals surface area contributed by atoms with Crippen LogP contribution in [-0.2, 0) is 0 Å². The zero-order valence-electron chi connectivity index (χ0n) is 20.2. The van der Waals surface area contributed by atoms with Gasteiger partial charge in [0.25, 0.3) is 0 Å². The lowest BCUT2D eigenvalue weighted by Crippen LogP contribution is -1.94. The summed E-state index contributed by atoms with van der Waals surface area (Å²) in [5.41, 5.74) is 7.66. The Hall–Kier alpha value is -3.42. The minimum atomic E-state index is 0.576. The Kier molecular flexibility index (Phi) is 7.79. The van der Waals surface area contributed by atoms with Crippen molar-refractivity contribution in [3.8, 4) is 17.1 Å². The standard InChI is InChI=1S/C29H26N4OS2/c1-20-19-22(7-16-28(20)34-2)6-11-25-13-15-27(33-31-25)26-14-12-24(30-32-26)10-5-21-3-8-23(9-4-21)29-35-17-18-36-29/h3-16,19,29H,17-18H2,1-2H3. The fourth-order valence-corrected chi connectivity index (χ4v) is 6.68. The molecule has 1 fully saturated rings. The Morgan fingerprint density at radius 3 is 1.81 bits per heavy atom. The van der Waals surface area contributed by atoms with Crippen molar-refractivity contribution >= 4 is 47.8 Å². The summed E-state index contributed by atoms with van der Waals surface area (Å²) in [7, 11) is 1.68. The fourth-order valence-electron chi connectivity index (χ4n) is 3.82. The van der Waals surface area contributed by atoms with Gasteiger partial charge in [-0.2, -0.15) is 10.2 Å². The van der Waals surface area contributed by atoms with Gasteiger partial charge in [-0.3, -0.25) is 0 Å². The first-order chi connectivity index (χ1) is 17.7. The van der Waals surface area contributed by atoms with Gasteiger partial charge in [0.1, 0.15) is 17.1 Å². The highest BCUT2D eigenvalue weighted by Crippen LogP contribution is 2.45. The fraction of sp³-hybridized carbons (Fsp3) is 0.172. The van der Waals surface area contributed by atoms with E-state index in [-0.39, 0.29) is 0 Å². The quantitative estimate of drug-likeness (QED) is 0.263. The van der Waals surface area contributed by atoms with Crippen LogP contribution >= 0.6 is 23.5 Å². The molecule has 180 valence electrons. The average Bonchev–Trinajstić information content (AvgIpc) is 3.47. The molecule has 3 heterocycles. The van der Waals surface area contributed by atoms with Gasteiger partial charge in [-0.1, -0.05) is 42.5 Å². The summed E-state index contributed by atoms with van der Waals surface area (Å²) < 4.78 is 5.89. The average molecular weight is 511 g/mol. The molecule has 5 rings (SSSR count). The molecule has 36 heavy (non-hydrogen) atoms. The van der Waals surface area contributed by atoms with E-state index in [2.05, 4.69) is 56.8 Å². The summed E-state index contributed by atoms with van der Waals surface area (Å²) in [4.78, 5) is 0. The van der Waals surface area contributed by atoms with E-state index in [1.54, 1.807) is 7.11 Å². The monoisotopic (exact) mass is 510 g/mol. The van der Waals surface area contributed by atoms with Crippen molar-refractivity contribution < 1.29 is 4.74 Å². The Labute approximate surface area is 220 Å². The summed E-state index contributed by atoms with van der Waals surface area (Å²) in [6.07, 6.45) is 7.99. The molecule has 7 heteroatoms. The maximum Gasteiger partial charge on any atom is 0.121 e. The number of hydrogen-bond donors (Lipinski definition) is 0. The largest absolute Gasteiger partial charge is 0.496 e. The molecule has 1 aliphatic heterocycles. The molecular weight excluding hydrogens is 484 g/mol. The van der Waals surface area contributed by atoms with Crippen molar-refractivity contribution in [1.82, 2.24) is 20.4 Å². The first-order valence-electron chi connectivity index (χ1n) is 11.7. The zero-order chi connectivity index (χ0) is 24.7. The number of aromatic nitrogens is 4. The lowest BCUT2D eigenvalue weighted by atomic mass is 10.1. The molecule has 4 aromatic rings. The van der Waals surface area contributed by atoms with Crippen LogP contribution in [0.5, 0.6) is 5.75 Å². The van der Waals surface area contributed by atoms with Gasteiger partial charge in [0, 0.05) is 11.5 Å². The van der Waals surface area contributed by atoms with Crippen molar-refractivity contribution in [2.24, 2.45) is 0 Å². The summed E-state index contributed by atoms with van der Waals surface area (Å²) in [6, 6.07) is 22.5. The van der Waals surface area contributed by atoms with Crippen molar-refractivity contribution in [3.05, 3.63) is 100 Å². The molecule has 2 aromatic carbocycles. The molecule has 1 saturated heterocycles. The third-order valence-corrected chi connectivity index (χ3v) is 8.88. The van der Waals surface area contributed by atoms with Crippen LogP contribution in [0, 0.1) is 6.92 Å². The number of aryl methyl sites for hydroxylation is 1. The van der Waals surface area contributed by atoms with Gasteiger partial charge in [-0.05, 0) is 77.7 Å². The van der Waals surface area contributed by atoms with E-state index in [1.165, 1.54) is 17.1 Å². The molecule has 0 radical (unpaired) electrons. The third kappa shape index (κ3) is 6.04. The molecule has 0 bridgehead atoms. The van der Waals surface area contributed by atoms with Crippen LogP contribution in [0.2, 0.25) is 0 Å². The molecule has 2 aromatic heterocycles. The summed E-state index contributed by atoms with van der Waals surface area (Å²) in [5, 5.41) is 17.3. The number of ether oxygens (including phenoxy) is 1. The maximum atomic E-state index is 5.32. The minimum Gasteiger partial charge on any atom is -0.496 e. The number of nitrogens with zero attached hydrogens (tertiary/aromatic N) is 4. The van der Waals surface area contributed by atoms with E-state index in [0.29, 0.717) is 16.0 Å². The van der Waals surface area contributed by atoms with Crippen molar-refractivity contribution in [1.29, 1.82) is 0 Å². The summed E-state index contributed by atoms with van der Waals surface area (Å²) in [6.45, 7) is 2.03. The summed E-state index contributed by atoms with van der Waals surface area (Å²) >= 11 is 4.05. The predicted octanol–water partition coefficient (Wildman–Crippen LogP) is 7.07. The van der Waals surface area contributed by atoms with Gasteiger partial charge >= 0.3 is 0 Å². The minimum absolute atomic E-state index is 0.576. The number of rotatable bonds is 7. The first kappa shape index (κ1) is 24.3. The SMILES string of the molecule is COc1ccc(C=Cc2ccc(-c3ccc(C=Cc4ccc(C5SCCS5)cc4)nn3)nn2)cc1C. The molecule has 5 nitrogen and oxygen atoms in total. The molecule has 0 atom stereocenters. The molecule has 0 unspecified atom stereocenters. The molecule has 0 N–H and O–H groups in total. The van der Waals surface area contributed by atoms with Gasteiger partial charge in [0.05, 0.1) is 23.1 Å². The van der Waals surface area contributed by atoms with E-state index in [9.17, 15) is 0 Å². The Morgan fingerprint density at radius 1 is 0.694 bits per heavy atom. The number of thioether (sulfide) groups is 2. The Bertz CT molecular complexity index is 1360. The van der Waals surface area contributed by atoms with E-state index in [0.717, 1.165) is 33.8 Å². The molecule has 0 saturated carbocycles. The summed E-state index contributed by atoms with van der Waals surface area (Å²) in [5.74, 6) is 3.36. The van der Waals surface area contributed by atoms with Crippen LogP contribution in [0.1, 0.15) is 38.2 Å². The maximum absolute atomic E-state index is 5.32. The molecule has 0 spiro atoms. The van der Waals surface area contributed by atoms with E-state index >= 15 is 0 Å². The van der Waals surface area contributed by atoms with E-state index in [4.69, 9.17) is 4.74 Å². The van der Waals surface area contributed by atoms with Crippen LogP contribution in [0.3, 0.4) is 0 Å². The van der Waals surface area contributed by atoms with Gasteiger partial charge in [0.2, 0.25) is 0 Å². The highest BCUT2D eigenvalue weighted by Gasteiger charge is 2.17. The van der Waals surface area contributed by atoms with Crippen LogP contribution in [0.15, 0.2) is 66.7 Å². The van der Waals surface area contributed by atoms with Crippen LogP contribution in [0.25, 0.3) is 35.7 Å². The lowest BCUT2D eigenvalue weighted by molar-refractivity contribution is 0.411. The lowest BCUT2D eigenvalue weighted by Gasteiger charge is -2.07. The van der Waals surface area contributed by atoms with Crippen LogP contribution < -0.4 is 4.74 Å².